The van der Waals surface area contributed by atoms with Crippen molar-refractivity contribution in [2.45, 2.75) is 38.1 Å². The molecule has 2 aliphatic rings. The number of benzene rings is 1. The number of para-hydroxylation sites is 1. The lowest BCUT2D eigenvalue weighted by Crippen LogP contribution is -2.31. The minimum atomic E-state index is 0.320. The Hall–Kier alpha value is -2.78. The summed E-state index contributed by atoms with van der Waals surface area (Å²) in [6, 6.07) is 5.79. The van der Waals surface area contributed by atoms with E-state index < -0.39 is 0 Å². The number of anilines is 1. The van der Waals surface area contributed by atoms with Crippen LogP contribution in [0.1, 0.15) is 40.2 Å². The van der Waals surface area contributed by atoms with Gasteiger partial charge in [0.1, 0.15) is 11.3 Å². The Kier molecular flexibility index (Phi) is 4.14. The van der Waals surface area contributed by atoms with Crippen molar-refractivity contribution in [1.29, 1.82) is 0 Å². The van der Waals surface area contributed by atoms with Crippen LogP contribution in [0.15, 0.2) is 18.2 Å². The first kappa shape index (κ1) is 18.0. The number of methoxy groups -OCH3 is 1. The fourth-order valence-electron chi connectivity index (χ4n) is 4.16. The molecule has 1 fully saturated rings. The molecule has 30 heavy (non-hydrogen) atoms. The predicted molar refractivity (Wildman–Crippen MR) is 116 cm³/mol. The minimum Gasteiger partial charge on any atom is -0.494 e. The molecule has 9 heteroatoms. The summed E-state index contributed by atoms with van der Waals surface area (Å²) in [7, 11) is 1.63. The van der Waals surface area contributed by atoms with E-state index in [0.717, 1.165) is 55.3 Å². The smallest absolute Gasteiger partial charge is 0.223 e. The van der Waals surface area contributed by atoms with E-state index in [-0.39, 0.29) is 0 Å². The number of hydrogen-bond donors (Lipinski definition) is 1. The number of nitrogens with two attached hydrogens (primary N) is 1. The third-order valence-corrected chi connectivity index (χ3v) is 7.20. The summed E-state index contributed by atoms with van der Waals surface area (Å²) in [6.45, 7) is 2.94. The van der Waals surface area contributed by atoms with Gasteiger partial charge < -0.3 is 10.5 Å². The molecule has 6 rings (SSSR count). The maximum atomic E-state index is 6.16. The van der Waals surface area contributed by atoms with Gasteiger partial charge in [-0.1, -0.05) is 6.07 Å². The molecule has 4 aromatic rings. The molecule has 154 valence electrons. The van der Waals surface area contributed by atoms with Gasteiger partial charge in [-0.3, -0.25) is 4.90 Å². The highest BCUT2D eigenvalue weighted by Crippen LogP contribution is 2.43. The number of rotatable bonds is 5. The van der Waals surface area contributed by atoms with Crippen LogP contribution in [0.3, 0.4) is 0 Å². The van der Waals surface area contributed by atoms with Crippen molar-refractivity contribution in [3.05, 3.63) is 39.6 Å². The van der Waals surface area contributed by atoms with Crippen LogP contribution in [0.25, 0.3) is 16.6 Å². The fourth-order valence-corrected chi connectivity index (χ4v) is 5.48. The van der Waals surface area contributed by atoms with Gasteiger partial charge in [-0.2, -0.15) is 4.52 Å². The molecule has 0 atom stereocenters. The van der Waals surface area contributed by atoms with E-state index in [2.05, 4.69) is 15.0 Å². The average molecular weight is 422 g/mol. The Morgan fingerprint density at radius 3 is 2.97 bits per heavy atom. The van der Waals surface area contributed by atoms with E-state index in [0.29, 0.717) is 17.2 Å². The summed E-state index contributed by atoms with van der Waals surface area (Å²) in [5, 5.41) is 6.87. The van der Waals surface area contributed by atoms with E-state index >= 15 is 0 Å². The first-order valence-corrected chi connectivity index (χ1v) is 11.2. The lowest BCUT2D eigenvalue weighted by Gasteiger charge is -2.25. The van der Waals surface area contributed by atoms with Crippen LogP contribution in [0.2, 0.25) is 0 Å². The summed E-state index contributed by atoms with van der Waals surface area (Å²) in [5.74, 6) is 2.53. The number of fused-ring (bicyclic) bond motifs is 4. The number of nitrogens with zero attached hydrogens (tertiary/aromatic N) is 6. The van der Waals surface area contributed by atoms with E-state index in [1.165, 1.54) is 28.4 Å². The second-order valence-electron chi connectivity index (χ2n) is 8.06. The minimum absolute atomic E-state index is 0.320. The van der Waals surface area contributed by atoms with Crippen molar-refractivity contribution in [1.82, 2.24) is 29.5 Å². The lowest BCUT2D eigenvalue weighted by molar-refractivity contribution is 0.257. The molecule has 0 bridgehead atoms. The number of thiazole rings is 1. The molecule has 0 amide bonds. The Morgan fingerprint density at radius 1 is 1.23 bits per heavy atom. The Bertz CT molecular complexity index is 1260. The van der Waals surface area contributed by atoms with E-state index in [1.807, 2.05) is 29.5 Å². The van der Waals surface area contributed by atoms with Crippen molar-refractivity contribution >= 4 is 33.8 Å². The van der Waals surface area contributed by atoms with Crippen molar-refractivity contribution in [2.24, 2.45) is 0 Å². The number of nitrogen functional groups attached to an aromatic ring is 1. The maximum absolute atomic E-state index is 6.16. The molecule has 4 heterocycles. The molecule has 1 aliphatic heterocycles. The van der Waals surface area contributed by atoms with Crippen molar-refractivity contribution in [2.75, 3.05) is 25.9 Å². The topological polar surface area (TPSA) is 94.5 Å². The molecule has 1 saturated carbocycles. The highest BCUT2D eigenvalue weighted by Gasteiger charge is 2.30. The third kappa shape index (κ3) is 3.00. The molecule has 8 nitrogen and oxygen atoms in total. The zero-order valence-electron chi connectivity index (χ0n) is 16.8. The van der Waals surface area contributed by atoms with Crippen molar-refractivity contribution in [3.8, 4) is 5.75 Å². The summed E-state index contributed by atoms with van der Waals surface area (Å²) >= 11 is 1.92. The molecule has 2 N–H and O–H groups in total. The van der Waals surface area contributed by atoms with Crippen LogP contribution < -0.4 is 10.5 Å². The van der Waals surface area contributed by atoms with Crippen LogP contribution in [0, 0.1) is 0 Å². The highest BCUT2D eigenvalue weighted by molar-refractivity contribution is 7.11. The van der Waals surface area contributed by atoms with Gasteiger partial charge in [-0.15, -0.1) is 16.4 Å². The van der Waals surface area contributed by atoms with E-state index in [1.54, 1.807) is 11.6 Å². The van der Waals surface area contributed by atoms with Crippen molar-refractivity contribution in [3.63, 3.8) is 0 Å². The molecule has 0 saturated heterocycles. The van der Waals surface area contributed by atoms with E-state index in [4.69, 9.17) is 20.4 Å². The van der Waals surface area contributed by atoms with Crippen molar-refractivity contribution < 1.29 is 4.74 Å². The molecule has 0 radical (unpaired) electrons. The number of hydrogen-bond acceptors (Lipinski definition) is 8. The summed E-state index contributed by atoms with van der Waals surface area (Å²) in [6.07, 6.45) is 4.44. The molecular formula is C21H23N7OS. The van der Waals surface area contributed by atoms with Gasteiger partial charge in [-0.05, 0) is 25.0 Å². The maximum Gasteiger partial charge on any atom is 0.223 e. The Labute approximate surface area is 177 Å². The summed E-state index contributed by atoms with van der Waals surface area (Å²) < 4.78 is 7.06. The largest absolute Gasteiger partial charge is 0.494 e. The van der Waals surface area contributed by atoms with Gasteiger partial charge in [0.05, 0.1) is 17.8 Å². The fraction of sp³-hybridized carbons (Fsp3) is 0.429. The van der Waals surface area contributed by atoms with Crippen LogP contribution in [0.4, 0.5) is 5.95 Å². The average Bonchev–Trinajstić information content (AvgIpc) is 3.37. The molecular weight excluding hydrogens is 398 g/mol. The summed E-state index contributed by atoms with van der Waals surface area (Å²) in [5.41, 5.74) is 8.92. The zero-order chi connectivity index (χ0) is 20.2. The Morgan fingerprint density at radius 2 is 2.13 bits per heavy atom. The second-order valence-corrected chi connectivity index (χ2v) is 9.18. The van der Waals surface area contributed by atoms with E-state index in [9.17, 15) is 0 Å². The Balaban J connectivity index is 1.23. The molecule has 1 aromatic carbocycles. The molecule has 0 unspecified atom stereocenters. The third-order valence-electron chi connectivity index (χ3n) is 5.96. The molecule has 0 spiro atoms. The highest BCUT2D eigenvalue weighted by atomic mass is 32.1. The van der Waals surface area contributed by atoms with Gasteiger partial charge in [0, 0.05) is 48.7 Å². The van der Waals surface area contributed by atoms with Crippen LogP contribution >= 0.6 is 11.3 Å². The monoisotopic (exact) mass is 421 g/mol. The number of aromatic nitrogens is 5. The predicted octanol–water partition coefficient (Wildman–Crippen LogP) is 2.80. The molecule has 1 aliphatic carbocycles. The van der Waals surface area contributed by atoms with Crippen LogP contribution in [0.5, 0.6) is 5.75 Å². The van der Waals surface area contributed by atoms with Crippen LogP contribution in [-0.2, 0) is 19.4 Å². The first-order chi connectivity index (χ1) is 14.7. The second kappa shape index (κ2) is 6.88. The first-order valence-electron chi connectivity index (χ1n) is 10.4. The normalized spacial score (nSPS) is 17.0. The summed E-state index contributed by atoms with van der Waals surface area (Å²) in [4.78, 5) is 18.1. The van der Waals surface area contributed by atoms with Gasteiger partial charge in [-0.25, -0.2) is 15.0 Å². The lowest BCUT2D eigenvalue weighted by atomic mass is 10.1. The standard InChI is InChI=1S/C21H23N7OS/c1-29-15-4-2-3-13-18(15)25-21(22)28-19(13)24-17(26-28)8-10-27-9-7-14-16(11-27)30-20(23-14)12-5-6-12/h2-4,12H,5-11H2,1H3,(H2,22,25). The van der Waals surface area contributed by atoms with Crippen LogP contribution in [-0.4, -0.2) is 49.7 Å². The molecule has 3 aromatic heterocycles. The van der Waals surface area contributed by atoms with Gasteiger partial charge in [0.25, 0.3) is 0 Å². The quantitative estimate of drug-likeness (QED) is 0.529. The van der Waals surface area contributed by atoms with Gasteiger partial charge >= 0.3 is 0 Å². The SMILES string of the molecule is COc1cccc2c1nc(N)n1nc(CCN3CCc4nc(C5CC5)sc4C3)nc21. The van der Waals surface area contributed by atoms with Gasteiger partial charge in [0.2, 0.25) is 5.95 Å². The zero-order valence-corrected chi connectivity index (χ0v) is 17.7. The number of ether oxygens (including phenoxy) is 1. The van der Waals surface area contributed by atoms with Gasteiger partial charge in [0.15, 0.2) is 11.5 Å².